The molecule has 0 amide bonds. The first kappa shape index (κ1) is 16.4. The largest absolute Gasteiger partial charge is 0.497 e. The topological polar surface area (TPSA) is 81.2 Å². The van der Waals surface area contributed by atoms with Crippen molar-refractivity contribution in [1.29, 1.82) is 0 Å². The first-order valence-electron chi connectivity index (χ1n) is 7.39. The maximum atomic E-state index is 13.3. The maximum Gasteiger partial charge on any atom is 0.249 e. The molecule has 0 aliphatic carbocycles. The lowest BCUT2D eigenvalue weighted by atomic mass is 10.2. The molecule has 2 aromatic carbocycles. The van der Waals surface area contributed by atoms with E-state index in [9.17, 15) is 4.39 Å². The second kappa shape index (κ2) is 7.43. The van der Waals surface area contributed by atoms with Crippen LogP contribution in [0.25, 0.3) is 0 Å². The van der Waals surface area contributed by atoms with Crippen LogP contribution in [0.4, 0.5) is 27.5 Å². The van der Waals surface area contributed by atoms with Crippen LogP contribution in [0.5, 0.6) is 11.5 Å². The molecule has 1 aromatic heterocycles. The average molecular weight is 341 g/mol. The Hall–Kier alpha value is -3.42. The van der Waals surface area contributed by atoms with Gasteiger partial charge in [0.2, 0.25) is 5.95 Å². The molecule has 0 spiro atoms. The lowest BCUT2D eigenvalue weighted by Gasteiger charge is -2.12. The summed E-state index contributed by atoms with van der Waals surface area (Å²) >= 11 is 0. The molecule has 3 rings (SSSR count). The summed E-state index contributed by atoms with van der Waals surface area (Å²) in [5.41, 5.74) is 1.19. The van der Waals surface area contributed by atoms with Crippen molar-refractivity contribution in [3.05, 3.63) is 54.5 Å². The lowest BCUT2D eigenvalue weighted by Crippen LogP contribution is -2.03. The van der Waals surface area contributed by atoms with Crippen LogP contribution in [0.3, 0.4) is 0 Å². The molecular weight excluding hydrogens is 325 g/mol. The van der Waals surface area contributed by atoms with Crippen molar-refractivity contribution >= 4 is 23.1 Å². The Balaban J connectivity index is 1.82. The highest BCUT2D eigenvalue weighted by Crippen LogP contribution is 2.31. The molecule has 0 unspecified atom stereocenters. The molecule has 0 saturated heterocycles. The fraction of sp³-hybridized carbons (Fsp3) is 0.118. The van der Waals surface area contributed by atoms with E-state index < -0.39 is 0 Å². The molecular formula is C17H16FN5O2. The Kier molecular flexibility index (Phi) is 4.89. The predicted octanol–water partition coefficient (Wildman–Crippen LogP) is 3.52. The summed E-state index contributed by atoms with van der Waals surface area (Å²) in [4.78, 5) is 4.31. The fourth-order valence-corrected chi connectivity index (χ4v) is 2.16. The zero-order valence-electron chi connectivity index (χ0n) is 13.7. The van der Waals surface area contributed by atoms with Gasteiger partial charge in [0.1, 0.15) is 17.3 Å². The van der Waals surface area contributed by atoms with Crippen LogP contribution in [0.1, 0.15) is 0 Å². The van der Waals surface area contributed by atoms with E-state index in [1.807, 2.05) is 0 Å². The van der Waals surface area contributed by atoms with Gasteiger partial charge >= 0.3 is 0 Å². The molecule has 8 heteroatoms. The minimum atomic E-state index is -0.353. The predicted molar refractivity (Wildman–Crippen MR) is 92.3 cm³/mol. The van der Waals surface area contributed by atoms with Gasteiger partial charge in [-0.3, -0.25) is 0 Å². The monoisotopic (exact) mass is 341 g/mol. The van der Waals surface area contributed by atoms with E-state index in [0.717, 1.165) is 0 Å². The number of hydrogen-bond acceptors (Lipinski definition) is 7. The zero-order valence-corrected chi connectivity index (χ0v) is 13.7. The minimum Gasteiger partial charge on any atom is -0.497 e. The van der Waals surface area contributed by atoms with Gasteiger partial charge < -0.3 is 20.1 Å². The van der Waals surface area contributed by atoms with E-state index in [1.165, 1.54) is 18.3 Å². The summed E-state index contributed by atoms with van der Waals surface area (Å²) in [6.07, 6.45) is 1.47. The first-order valence-corrected chi connectivity index (χ1v) is 7.39. The Morgan fingerprint density at radius 1 is 1.00 bits per heavy atom. The lowest BCUT2D eigenvalue weighted by molar-refractivity contribution is 0.405. The van der Waals surface area contributed by atoms with Gasteiger partial charge in [-0.2, -0.15) is 10.1 Å². The molecule has 1 heterocycles. The molecule has 0 radical (unpaired) electrons. The number of halogens is 1. The molecule has 0 bridgehead atoms. The van der Waals surface area contributed by atoms with Gasteiger partial charge in [-0.15, -0.1) is 5.10 Å². The quantitative estimate of drug-likeness (QED) is 0.710. The molecule has 0 saturated carbocycles. The van der Waals surface area contributed by atoms with Crippen LogP contribution in [0.2, 0.25) is 0 Å². The van der Waals surface area contributed by atoms with Crippen LogP contribution >= 0.6 is 0 Å². The molecule has 128 valence electrons. The highest BCUT2D eigenvalue weighted by Gasteiger charge is 2.08. The molecule has 0 fully saturated rings. The second-order valence-corrected chi connectivity index (χ2v) is 4.99. The third kappa shape index (κ3) is 4.11. The van der Waals surface area contributed by atoms with Crippen molar-refractivity contribution in [2.24, 2.45) is 0 Å². The van der Waals surface area contributed by atoms with E-state index in [0.29, 0.717) is 28.7 Å². The van der Waals surface area contributed by atoms with Crippen molar-refractivity contribution in [2.45, 2.75) is 0 Å². The number of anilines is 4. The van der Waals surface area contributed by atoms with Crippen LogP contribution in [0, 0.1) is 5.82 Å². The molecule has 2 N–H and O–H groups in total. The number of rotatable bonds is 6. The molecule has 0 aliphatic rings. The van der Waals surface area contributed by atoms with E-state index in [4.69, 9.17) is 9.47 Å². The van der Waals surface area contributed by atoms with Crippen molar-refractivity contribution in [1.82, 2.24) is 15.2 Å². The Morgan fingerprint density at radius 3 is 2.64 bits per heavy atom. The van der Waals surface area contributed by atoms with E-state index in [1.54, 1.807) is 44.6 Å². The smallest absolute Gasteiger partial charge is 0.249 e. The number of benzene rings is 2. The van der Waals surface area contributed by atoms with Gasteiger partial charge in [-0.1, -0.05) is 6.07 Å². The van der Waals surface area contributed by atoms with Crippen molar-refractivity contribution in [2.75, 3.05) is 24.9 Å². The number of ether oxygens (including phenoxy) is 2. The van der Waals surface area contributed by atoms with Gasteiger partial charge in [0.05, 0.1) is 26.1 Å². The Labute approximate surface area is 143 Å². The first-order chi connectivity index (χ1) is 12.2. The third-order valence-corrected chi connectivity index (χ3v) is 3.31. The van der Waals surface area contributed by atoms with Crippen LogP contribution < -0.4 is 20.1 Å². The van der Waals surface area contributed by atoms with Crippen LogP contribution in [-0.2, 0) is 0 Å². The van der Waals surface area contributed by atoms with Gasteiger partial charge in [0, 0.05) is 11.8 Å². The average Bonchev–Trinajstić information content (AvgIpc) is 2.62. The highest BCUT2D eigenvalue weighted by molar-refractivity contribution is 5.66. The Morgan fingerprint density at radius 2 is 1.88 bits per heavy atom. The summed E-state index contributed by atoms with van der Waals surface area (Å²) < 4.78 is 23.8. The number of hydrogen-bond donors (Lipinski definition) is 2. The SMILES string of the molecule is COc1ccc(OC)c(Nc2cnnc(Nc3cccc(F)c3)n2)c1. The number of methoxy groups -OCH3 is 2. The summed E-state index contributed by atoms with van der Waals surface area (Å²) in [5.74, 6) is 1.62. The van der Waals surface area contributed by atoms with E-state index >= 15 is 0 Å². The second-order valence-electron chi connectivity index (χ2n) is 4.99. The number of aromatic nitrogens is 3. The van der Waals surface area contributed by atoms with Gasteiger partial charge in [0.15, 0.2) is 5.82 Å². The van der Waals surface area contributed by atoms with Gasteiger partial charge in [0.25, 0.3) is 0 Å². The fourth-order valence-electron chi connectivity index (χ4n) is 2.16. The summed E-state index contributed by atoms with van der Waals surface area (Å²) in [6, 6.07) is 11.3. The minimum absolute atomic E-state index is 0.234. The molecule has 25 heavy (non-hydrogen) atoms. The molecule has 0 aliphatic heterocycles. The Bertz CT molecular complexity index is 875. The number of nitrogens with one attached hydrogen (secondary N) is 2. The van der Waals surface area contributed by atoms with Crippen molar-refractivity contribution in [3.63, 3.8) is 0 Å². The molecule has 0 atom stereocenters. The van der Waals surface area contributed by atoms with Gasteiger partial charge in [-0.05, 0) is 30.3 Å². The molecule has 7 nitrogen and oxygen atoms in total. The summed E-state index contributed by atoms with van der Waals surface area (Å²) in [7, 11) is 3.15. The van der Waals surface area contributed by atoms with Crippen molar-refractivity contribution in [3.8, 4) is 11.5 Å². The van der Waals surface area contributed by atoms with E-state index in [-0.39, 0.29) is 11.8 Å². The molecule has 3 aromatic rings. The standard InChI is InChI=1S/C17H16FN5O2/c1-24-13-6-7-15(25-2)14(9-13)21-16-10-19-23-17(22-16)20-12-5-3-4-11(18)8-12/h3-10H,1-2H3,(H2,20,21,22,23). The zero-order chi connectivity index (χ0) is 17.6. The number of nitrogens with zero attached hydrogens (tertiary/aromatic N) is 3. The summed E-state index contributed by atoms with van der Waals surface area (Å²) in [5, 5.41) is 13.8. The summed E-state index contributed by atoms with van der Waals surface area (Å²) in [6.45, 7) is 0. The normalized spacial score (nSPS) is 10.2. The highest BCUT2D eigenvalue weighted by atomic mass is 19.1. The van der Waals surface area contributed by atoms with Gasteiger partial charge in [-0.25, -0.2) is 4.39 Å². The van der Waals surface area contributed by atoms with Crippen LogP contribution in [0.15, 0.2) is 48.7 Å². The van der Waals surface area contributed by atoms with E-state index in [2.05, 4.69) is 25.8 Å². The van der Waals surface area contributed by atoms with Crippen LogP contribution in [-0.4, -0.2) is 29.4 Å². The maximum absolute atomic E-state index is 13.3. The van der Waals surface area contributed by atoms with Crippen molar-refractivity contribution < 1.29 is 13.9 Å². The third-order valence-electron chi connectivity index (χ3n) is 3.31.